The molecule has 0 unspecified atom stereocenters. The van der Waals surface area contributed by atoms with Gasteiger partial charge in [-0.3, -0.25) is 4.79 Å². The number of nitrogens with zero attached hydrogens (tertiary/aromatic N) is 3. The molecule has 1 aromatic heterocycles. The Hall–Kier alpha value is -2.08. The predicted octanol–water partition coefficient (Wildman–Crippen LogP) is 1.67. The number of hydrogen-bond donors (Lipinski definition) is 1. The number of nitrogens with one attached hydrogen (secondary N) is 1. The molecule has 23 heavy (non-hydrogen) atoms. The molecule has 7 heteroatoms. The van der Waals surface area contributed by atoms with Crippen LogP contribution in [0.3, 0.4) is 0 Å². The quantitative estimate of drug-likeness (QED) is 0.908. The zero-order chi connectivity index (χ0) is 16.0. The maximum atomic E-state index is 12.5. The first-order valence-corrected chi connectivity index (χ1v) is 8.12. The third-order valence-electron chi connectivity index (χ3n) is 4.47. The molecule has 1 amide bonds. The van der Waals surface area contributed by atoms with Crippen molar-refractivity contribution in [1.82, 2.24) is 20.1 Å². The lowest BCUT2D eigenvalue weighted by Gasteiger charge is -2.26. The van der Waals surface area contributed by atoms with Gasteiger partial charge in [0.1, 0.15) is 17.4 Å². The molecule has 2 aliphatic rings. The van der Waals surface area contributed by atoms with Crippen molar-refractivity contribution in [3.63, 3.8) is 0 Å². The Balaban J connectivity index is 1.41. The fourth-order valence-corrected chi connectivity index (χ4v) is 3.43. The van der Waals surface area contributed by atoms with Crippen molar-refractivity contribution in [1.29, 1.82) is 0 Å². The first kappa shape index (κ1) is 14.5. The van der Waals surface area contributed by atoms with E-state index in [1.165, 1.54) is 0 Å². The molecule has 0 saturated heterocycles. The second kappa shape index (κ2) is 5.53. The molecule has 6 nitrogen and oxygen atoms in total. The van der Waals surface area contributed by atoms with E-state index >= 15 is 0 Å². The fourth-order valence-electron chi connectivity index (χ4n) is 3.24. The molecule has 0 saturated carbocycles. The minimum Gasteiger partial charge on any atom is -0.480 e. The molecule has 0 spiro atoms. The SMILES string of the molecule is Cc1nnc2n1C[C@H](NC(=O)[C@@H]1Cc3cc(Cl)ccc3O1)CC2. The fraction of sp³-hybridized carbons (Fsp3) is 0.438. The number of rotatable bonds is 2. The normalized spacial score (nSPS) is 22.2. The molecule has 0 aliphatic carbocycles. The van der Waals surface area contributed by atoms with Crippen LogP contribution in [0.5, 0.6) is 5.75 Å². The molecule has 0 fully saturated rings. The van der Waals surface area contributed by atoms with Gasteiger partial charge in [0, 0.05) is 30.5 Å². The minimum atomic E-state index is -0.480. The first-order chi connectivity index (χ1) is 11.1. The largest absolute Gasteiger partial charge is 0.480 e. The number of carbonyl (C=O) groups is 1. The van der Waals surface area contributed by atoms with Gasteiger partial charge in [0.25, 0.3) is 5.91 Å². The molecule has 0 radical (unpaired) electrons. The molecule has 0 bridgehead atoms. The first-order valence-electron chi connectivity index (χ1n) is 7.74. The van der Waals surface area contributed by atoms with Crippen LogP contribution in [-0.4, -0.2) is 32.8 Å². The number of fused-ring (bicyclic) bond motifs is 2. The second-order valence-corrected chi connectivity index (χ2v) is 6.52. The highest BCUT2D eigenvalue weighted by molar-refractivity contribution is 6.30. The van der Waals surface area contributed by atoms with E-state index in [2.05, 4.69) is 20.1 Å². The lowest BCUT2D eigenvalue weighted by atomic mass is 10.1. The van der Waals surface area contributed by atoms with Crippen molar-refractivity contribution in [2.45, 2.75) is 44.9 Å². The molecule has 4 rings (SSSR count). The second-order valence-electron chi connectivity index (χ2n) is 6.08. The molecule has 2 atom stereocenters. The number of amides is 1. The standard InChI is InChI=1S/C16H17ClN4O2/c1-9-19-20-15-5-3-12(8-21(9)15)18-16(22)14-7-10-6-11(17)2-4-13(10)23-14/h2,4,6,12,14H,3,5,7-8H2,1H3,(H,18,22)/t12-,14+/m1/s1. The van der Waals surface area contributed by atoms with Gasteiger partial charge in [-0.2, -0.15) is 0 Å². The summed E-state index contributed by atoms with van der Waals surface area (Å²) in [5.74, 6) is 2.55. The van der Waals surface area contributed by atoms with Crippen LogP contribution < -0.4 is 10.1 Å². The van der Waals surface area contributed by atoms with Gasteiger partial charge >= 0.3 is 0 Å². The van der Waals surface area contributed by atoms with Crippen molar-refractivity contribution in [2.24, 2.45) is 0 Å². The van der Waals surface area contributed by atoms with Crippen molar-refractivity contribution in [3.05, 3.63) is 40.4 Å². The van der Waals surface area contributed by atoms with Gasteiger partial charge in [-0.15, -0.1) is 10.2 Å². The molecular weight excluding hydrogens is 316 g/mol. The molecule has 1 aromatic carbocycles. The van der Waals surface area contributed by atoms with Crippen LogP contribution in [0, 0.1) is 6.92 Å². The number of aryl methyl sites for hydroxylation is 2. The Morgan fingerprint density at radius 2 is 2.30 bits per heavy atom. The molecular formula is C16H17ClN4O2. The van der Waals surface area contributed by atoms with E-state index in [1.807, 2.05) is 19.1 Å². The van der Waals surface area contributed by atoms with Crippen LogP contribution >= 0.6 is 11.6 Å². The predicted molar refractivity (Wildman–Crippen MR) is 84.6 cm³/mol. The van der Waals surface area contributed by atoms with Crippen LogP contribution in [0.25, 0.3) is 0 Å². The van der Waals surface area contributed by atoms with Gasteiger partial charge in [0.2, 0.25) is 0 Å². The topological polar surface area (TPSA) is 69.0 Å². The zero-order valence-electron chi connectivity index (χ0n) is 12.8. The number of aromatic nitrogens is 3. The van der Waals surface area contributed by atoms with Crippen molar-refractivity contribution in [2.75, 3.05) is 0 Å². The Bertz CT molecular complexity index is 773. The van der Waals surface area contributed by atoms with Crippen LogP contribution in [0.2, 0.25) is 5.02 Å². The summed E-state index contributed by atoms with van der Waals surface area (Å²) in [6.07, 6.45) is 1.78. The van der Waals surface area contributed by atoms with Crippen molar-refractivity contribution < 1.29 is 9.53 Å². The molecule has 2 aromatic rings. The van der Waals surface area contributed by atoms with Crippen molar-refractivity contribution in [3.8, 4) is 5.75 Å². The van der Waals surface area contributed by atoms with Gasteiger partial charge in [0.05, 0.1) is 0 Å². The van der Waals surface area contributed by atoms with Crippen LogP contribution in [0.1, 0.15) is 23.6 Å². The number of halogens is 1. The Labute approximate surface area is 138 Å². The van der Waals surface area contributed by atoms with E-state index in [9.17, 15) is 4.79 Å². The van der Waals surface area contributed by atoms with E-state index < -0.39 is 6.10 Å². The minimum absolute atomic E-state index is 0.0727. The highest BCUT2D eigenvalue weighted by atomic mass is 35.5. The Morgan fingerprint density at radius 3 is 3.17 bits per heavy atom. The van der Waals surface area contributed by atoms with Crippen molar-refractivity contribution >= 4 is 17.5 Å². The maximum Gasteiger partial charge on any atom is 0.261 e. The van der Waals surface area contributed by atoms with E-state index in [-0.39, 0.29) is 11.9 Å². The summed E-state index contributed by atoms with van der Waals surface area (Å²) in [4.78, 5) is 12.5. The summed E-state index contributed by atoms with van der Waals surface area (Å²) in [6.45, 7) is 2.65. The monoisotopic (exact) mass is 332 g/mol. The van der Waals surface area contributed by atoms with E-state index in [1.54, 1.807) is 6.07 Å². The number of carbonyl (C=O) groups excluding carboxylic acids is 1. The van der Waals surface area contributed by atoms with Gasteiger partial charge < -0.3 is 14.6 Å². The average Bonchev–Trinajstić information content (AvgIpc) is 3.11. The zero-order valence-corrected chi connectivity index (χ0v) is 13.5. The van der Waals surface area contributed by atoms with E-state index in [0.717, 1.165) is 35.8 Å². The summed E-state index contributed by atoms with van der Waals surface area (Å²) >= 11 is 5.99. The Kier molecular flexibility index (Phi) is 3.49. The van der Waals surface area contributed by atoms with Crippen LogP contribution in [0.15, 0.2) is 18.2 Å². The number of benzene rings is 1. The number of ether oxygens (including phenoxy) is 1. The summed E-state index contributed by atoms with van der Waals surface area (Å²) in [6, 6.07) is 5.54. The molecule has 120 valence electrons. The molecule has 3 heterocycles. The lowest BCUT2D eigenvalue weighted by Crippen LogP contribution is -2.46. The highest BCUT2D eigenvalue weighted by Gasteiger charge is 2.31. The van der Waals surface area contributed by atoms with Crippen LogP contribution in [-0.2, 0) is 24.2 Å². The van der Waals surface area contributed by atoms with Gasteiger partial charge in [-0.25, -0.2) is 0 Å². The third kappa shape index (κ3) is 2.67. The smallest absolute Gasteiger partial charge is 0.261 e. The van der Waals surface area contributed by atoms with E-state index in [0.29, 0.717) is 18.0 Å². The molecule has 2 aliphatic heterocycles. The summed E-state index contributed by atoms with van der Waals surface area (Å²) in [5, 5.41) is 12.0. The Morgan fingerprint density at radius 1 is 1.43 bits per heavy atom. The van der Waals surface area contributed by atoms with Gasteiger partial charge in [0.15, 0.2) is 6.10 Å². The van der Waals surface area contributed by atoms with Crippen LogP contribution in [0.4, 0.5) is 0 Å². The summed E-state index contributed by atoms with van der Waals surface area (Å²) in [5.41, 5.74) is 0.984. The third-order valence-corrected chi connectivity index (χ3v) is 4.70. The molecule has 1 N–H and O–H groups in total. The summed E-state index contributed by atoms with van der Waals surface area (Å²) in [7, 11) is 0. The average molecular weight is 333 g/mol. The maximum absolute atomic E-state index is 12.5. The van der Waals surface area contributed by atoms with Gasteiger partial charge in [-0.05, 0) is 37.1 Å². The highest BCUT2D eigenvalue weighted by Crippen LogP contribution is 2.31. The lowest BCUT2D eigenvalue weighted by molar-refractivity contribution is -0.128. The van der Waals surface area contributed by atoms with E-state index in [4.69, 9.17) is 16.3 Å². The van der Waals surface area contributed by atoms with Gasteiger partial charge in [-0.1, -0.05) is 11.6 Å². The summed E-state index contributed by atoms with van der Waals surface area (Å²) < 4.78 is 7.81. The number of hydrogen-bond acceptors (Lipinski definition) is 4.